The van der Waals surface area contributed by atoms with Crippen molar-refractivity contribution in [2.75, 3.05) is 13.1 Å². The van der Waals surface area contributed by atoms with Gasteiger partial charge in [-0.2, -0.15) is 0 Å². The van der Waals surface area contributed by atoms with Gasteiger partial charge in [-0.25, -0.2) is 9.69 Å². The van der Waals surface area contributed by atoms with E-state index in [4.69, 9.17) is 0 Å². The van der Waals surface area contributed by atoms with Crippen LogP contribution < -0.4 is 0 Å². The third-order valence-corrected chi connectivity index (χ3v) is 5.30. The van der Waals surface area contributed by atoms with Crippen LogP contribution in [0.5, 0.6) is 0 Å². The Bertz CT molecular complexity index is 678. The molecule has 3 heterocycles. The topological polar surface area (TPSA) is 60.9 Å². The molecular weight excluding hydrogens is 306 g/mol. The van der Waals surface area contributed by atoms with Gasteiger partial charge >= 0.3 is 6.03 Å². The molecule has 6 heteroatoms. The maximum Gasteiger partial charge on any atom is 0.328 e. The second kappa shape index (κ2) is 5.61. The highest BCUT2D eigenvalue weighted by atomic mass is 16.2. The van der Waals surface area contributed by atoms with E-state index >= 15 is 0 Å². The van der Waals surface area contributed by atoms with Crippen LogP contribution >= 0.6 is 0 Å². The summed E-state index contributed by atoms with van der Waals surface area (Å²) in [5.74, 6) is -0.300. The van der Waals surface area contributed by atoms with Gasteiger partial charge in [0.1, 0.15) is 12.1 Å². The standard InChI is InChI=1S/C18H21N3O3/c1-12-4-6-13(7-5-12)11-19-10-8-15(16(19)22)21-17(23)14-3-2-9-20(14)18(21)24/h4-7,14-15H,2-3,8-11H2,1H3/t14-,15?/m1/s1. The molecule has 4 rings (SSSR count). The Morgan fingerprint density at radius 1 is 0.958 bits per heavy atom. The summed E-state index contributed by atoms with van der Waals surface area (Å²) < 4.78 is 0. The Hall–Kier alpha value is -2.37. The maximum atomic E-state index is 12.7. The van der Waals surface area contributed by atoms with E-state index in [0.717, 1.165) is 18.4 Å². The van der Waals surface area contributed by atoms with Crippen molar-refractivity contribution in [3.05, 3.63) is 35.4 Å². The summed E-state index contributed by atoms with van der Waals surface area (Å²) in [5, 5.41) is 0. The summed E-state index contributed by atoms with van der Waals surface area (Å²) in [4.78, 5) is 42.3. The first-order valence-corrected chi connectivity index (χ1v) is 8.54. The molecule has 0 bridgehead atoms. The lowest BCUT2D eigenvalue weighted by Crippen LogP contribution is -2.46. The monoisotopic (exact) mass is 327 g/mol. The van der Waals surface area contributed by atoms with Crippen LogP contribution in [0.15, 0.2) is 24.3 Å². The third kappa shape index (κ3) is 2.28. The average molecular weight is 327 g/mol. The molecular formula is C18H21N3O3. The molecule has 4 amide bonds. The highest BCUT2D eigenvalue weighted by Gasteiger charge is 2.53. The molecule has 1 unspecified atom stereocenters. The number of hydrogen-bond donors (Lipinski definition) is 0. The highest BCUT2D eigenvalue weighted by molar-refractivity contribution is 6.08. The predicted octanol–water partition coefficient (Wildman–Crippen LogP) is 1.52. The number of fused-ring (bicyclic) bond motifs is 1. The Kier molecular flexibility index (Phi) is 3.55. The first-order chi connectivity index (χ1) is 11.6. The maximum absolute atomic E-state index is 12.7. The van der Waals surface area contributed by atoms with Gasteiger partial charge in [-0.05, 0) is 31.7 Å². The molecule has 0 saturated carbocycles. The van der Waals surface area contributed by atoms with E-state index in [1.54, 1.807) is 9.80 Å². The number of benzene rings is 1. The van der Waals surface area contributed by atoms with Crippen LogP contribution in [0.1, 0.15) is 30.4 Å². The number of amides is 4. The van der Waals surface area contributed by atoms with Gasteiger partial charge in [-0.15, -0.1) is 0 Å². The molecule has 1 aromatic carbocycles. The summed E-state index contributed by atoms with van der Waals surface area (Å²) in [6.07, 6.45) is 2.12. The quantitative estimate of drug-likeness (QED) is 0.791. The van der Waals surface area contributed by atoms with E-state index in [0.29, 0.717) is 26.1 Å². The van der Waals surface area contributed by atoms with E-state index in [1.807, 2.05) is 31.2 Å². The first-order valence-electron chi connectivity index (χ1n) is 8.54. The number of aryl methyl sites for hydroxylation is 1. The Morgan fingerprint density at radius 3 is 2.42 bits per heavy atom. The van der Waals surface area contributed by atoms with Gasteiger partial charge in [-0.3, -0.25) is 9.59 Å². The van der Waals surface area contributed by atoms with Crippen molar-refractivity contribution in [2.45, 2.75) is 44.8 Å². The molecule has 3 aliphatic rings. The van der Waals surface area contributed by atoms with E-state index in [1.165, 1.54) is 10.5 Å². The summed E-state index contributed by atoms with van der Waals surface area (Å²) >= 11 is 0. The van der Waals surface area contributed by atoms with Crippen molar-refractivity contribution >= 4 is 17.8 Å². The van der Waals surface area contributed by atoms with Gasteiger partial charge < -0.3 is 9.80 Å². The molecule has 0 spiro atoms. The zero-order chi connectivity index (χ0) is 16.8. The molecule has 2 atom stereocenters. The van der Waals surface area contributed by atoms with Crippen LogP contribution in [0.4, 0.5) is 4.79 Å². The molecule has 1 aromatic rings. The largest absolute Gasteiger partial charge is 0.336 e. The first kappa shape index (κ1) is 15.2. The molecule has 6 nitrogen and oxygen atoms in total. The van der Waals surface area contributed by atoms with E-state index < -0.39 is 6.04 Å². The van der Waals surface area contributed by atoms with Crippen LogP contribution in [-0.2, 0) is 16.1 Å². The van der Waals surface area contributed by atoms with Crippen LogP contribution in [0.3, 0.4) is 0 Å². The molecule has 0 radical (unpaired) electrons. The van der Waals surface area contributed by atoms with Gasteiger partial charge in [0.05, 0.1) is 0 Å². The van der Waals surface area contributed by atoms with Crippen molar-refractivity contribution in [1.82, 2.24) is 14.7 Å². The number of carbonyl (C=O) groups excluding carboxylic acids is 3. The number of urea groups is 1. The number of carbonyl (C=O) groups is 3. The van der Waals surface area contributed by atoms with Gasteiger partial charge in [0.2, 0.25) is 5.91 Å². The lowest BCUT2D eigenvalue weighted by molar-refractivity contribution is -0.138. The van der Waals surface area contributed by atoms with Crippen molar-refractivity contribution in [3.8, 4) is 0 Å². The van der Waals surface area contributed by atoms with Gasteiger partial charge in [0.15, 0.2) is 0 Å². The minimum Gasteiger partial charge on any atom is -0.336 e. The summed E-state index contributed by atoms with van der Waals surface area (Å²) in [6, 6.07) is 6.83. The molecule has 0 aliphatic carbocycles. The van der Waals surface area contributed by atoms with E-state index in [-0.39, 0.29) is 23.9 Å². The van der Waals surface area contributed by atoms with Crippen LogP contribution in [0.25, 0.3) is 0 Å². The SMILES string of the molecule is Cc1ccc(CN2CCC(N3C(=O)[C@H]4CCCN4C3=O)C2=O)cc1. The number of nitrogens with zero attached hydrogens (tertiary/aromatic N) is 3. The molecule has 126 valence electrons. The van der Waals surface area contributed by atoms with Gasteiger partial charge in [0.25, 0.3) is 5.91 Å². The van der Waals surface area contributed by atoms with Crippen molar-refractivity contribution in [2.24, 2.45) is 0 Å². The highest BCUT2D eigenvalue weighted by Crippen LogP contribution is 2.31. The lowest BCUT2D eigenvalue weighted by Gasteiger charge is -2.22. The molecule has 24 heavy (non-hydrogen) atoms. The summed E-state index contributed by atoms with van der Waals surface area (Å²) in [7, 11) is 0. The molecule has 3 saturated heterocycles. The minimum atomic E-state index is -0.624. The van der Waals surface area contributed by atoms with Crippen LogP contribution in [-0.4, -0.2) is 57.7 Å². The average Bonchev–Trinajstić information content (AvgIpc) is 3.23. The zero-order valence-electron chi connectivity index (χ0n) is 13.8. The van der Waals surface area contributed by atoms with Gasteiger partial charge in [0, 0.05) is 19.6 Å². The summed E-state index contributed by atoms with van der Waals surface area (Å²) in [6.45, 7) is 3.76. The molecule has 0 N–H and O–H groups in total. The molecule has 0 aromatic heterocycles. The van der Waals surface area contributed by atoms with Crippen molar-refractivity contribution < 1.29 is 14.4 Å². The normalized spacial score (nSPS) is 26.7. The lowest BCUT2D eigenvalue weighted by atomic mass is 10.1. The number of imide groups is 1. The van der Waals surface area contributed by atoms with Crippen LogP contribution in [0, 0.1) is 6.92 Å². The van der Waals surface area contributed by atoms with Crippen LogP contribution in [0.2, 0.25) is 0 Å². The Balaban J connectivity index is 1.48. The van der Waals surface area contributed by atoms with Crippen molar-refractivity contribution in [3.63, 3.8) is 0 Å². The number of rotatable bonds is 3. The number of likely N-dealkylation sites (tertiary alicyclic amines) is 1. The third-order valence-electron chi connectivity index (χ3n) is 5.30. The Morgan fingerprint density at radius 2 is 1.71 bits per heavy atom. The minimum absolute atomic E-state index is 0.113. The second-order valence-corrected chi connectivity index (χ2v) is 6.89. The van der Waals surface area contributed by atoms with Crippen molar-refractivity contribution in [1.29, 1.82) is 0 Å². The molecule has 3 fully saturated rings. The second-order valence-electron chi connectivity index (χ2n) is 6.89. The smallest absolute Gasteiger partial charge is 0.328 e. The van der Waals surface area contributed by atoms with E-state index in [9.17, 15) is 14.4 Å². The fourth-order valence-electron chi connectivity index (χ4n) is 3.97. The molecule has 3 aliphatic heterocycles. The van der Waals surface area contributed by atoms with Gasteiger partial charge in [-0.1, -0.05) is 29.8 Å². The van der Waals surface area contributed by atoms with E-state index in [2.05, 4.69) is 0 Å². The predicted molar refractivity (Wildman–Crippen MR) is 87.0 cm³/mol. The fraction of sp³-hybridized carbons (Fsp3) is 0.500. The summed E-state index contributed by atoms with van der Waals surface area (Å²) in [5.41, 5.74) is 2.24. The fourth-order valence-corrected chi connectivity index (χ4v) is 3.97. The Labute approximate surface area is 141 Å². The zero-order valence-corrected chi connectivity index (χ0v) is 13.8. The number of hydrogen-bond acceptors (Lipinski definition) is 3.